The maximum atomic E-state index is 13.7. The van der Waals surface area contributed by atoms with Gasteiger partial charge in [-0.1, -0.05) is 23.7 Å². The molecule has 12 heteroatoms. The normalized spacial score (nSPS) is 24.2. The summed E-state index contributed by atoms with van der Waals surface area (Å²) in [6.45, 7) is 6.14. The second-order valence-corrected chi connectivity index (χ2v) is 15.5. The number of amides is 2. The minimum Gasteiger partial charge on any atom is -0.444 e. The van der Waals surface area contributed by atoms with E-state index in [2.05, 4.69) is 0 Å². The van der Waals surface area contributed by atoms with Crippen LogP contribution in [-0.2, 0) is 19.6 Å². The van der Waals surface area contributed by atoms with E-state index in [1.807, 2.05) is 20.8 Å². The molecule has 3 heterocycles. The molecule has 3 aliphatic rings. The van der Waals surface area contributed by atoms with E-state index in [0.717, 1.165) is 10.8 Å². The molecule has 38 heavy (non-hydrogen) atoms. The van der Waals surface area contributed by atoms with Gasteiger partial charge in [0, 0.05) is 35.9 Å². The predicted octanol–water partition coefficient (Wildman–Crippen LogP) is 3.53. The second kappa shape index (κ2) is 9.55. The van der Waals surface area contributed by atoms with Crippen LogP contribution in [0.5, 0.6) is 0 Å². The van der Waals surface area contributed by atoms with Crippen LogP contribution in [0.3, 0.4) is 0 Å². The summed E-state index contributed by atoms with van der Waals surface area (Å²) < 4.78 is 33.6. The van der Waals surface area contributed by atoms with E-state index in [1.165, 1.54) is 22.1 Å². The van der Waals surface area contributed by atoms with Crippen molar-refractivity contribution >= 4 is 56.2 Å². The summed E-state index contributed by atoms with van der Waals surface area (Å²) in [7, 11) is -4.00. The average Bonchev–Trinajstić information content (AvgIpc) is 3.17. The zero-order valence-corrected chi connectivity index (χ0v) is 24.0. The van der Waals surface area contributed by atoms with Gasteiger partial charge in [0.15, 0.2) is 0 Å². The van der Waals surface area contributed by atoms with Gasteiger partial charge in [-0.15, -0.1) is 11.8 Å². The zero-order valence-electron chi connectivity index (χ0n) is 21.6. The first-order chi connectivity index (χ1) is 17.8. The maximum Gasteiger partial charge on any atom is 0.410 e. The summed E-state index contributed by atoms with van der Waals surface area (Å²) in [5, 5.41) is 12.6. The van der Waals surface area contributed by atoms with Crippen molar-refractivity contribution in [2.45, 2.75) is 53.7 Å². The standard InChI is InChI=1S/C26H32ClN3O6S2/c1-24(2,3)36-23(33)28-10-8-25(9-11-28)15-30-22(32)14-29(16-26(30,17-31)37-25)38(34,35)21-7-5-18-12-20(27)6-4-19(18)13-21/h4-7,12-13,31H,8-11,14-17H2,1-3H3. The van der Waals surface area contributed by atoms with Gasteiger partial charge in [-0.05, 0) is 68.7 Å². The number of thioether (sulfide) groups is 1. The Bertz CT molecular complexity index is 1390. The van der Waals surface area contributed by atoms with E-state index in [-0.39, 0.29) is 41.3 Å². The van der Waals surface area contributed by atoms with Crippen LogP contribution in [0.2, 0.25) is 5.02 Å². The molecule has 0 saturated carbocycles. The highest BCUT2D eigenvalue weighted by atomic mass is 35.5. The fraction of sp³-hybridized carbons (Fsp3) is 0.538. The monoisotopic (exact) mass is 581 g/mol. The number of carbonyl (C=O) groups is 2. The lowest BCUT2D eigenvalue weighted by Crippen LogP contribution is -2.63. The molecule has 0 aliphatic carbocycles. The smallest absolute Gasteiger partial charge is 0.410 e. The van der Waals surface area contributed by atoms with Gasteiger partial charge < -0.3 is 19.6 Å². The van der Waals surface area contributed by atoms with Crippen LogP contribution in [0.1, 0.15) is 33.6 Å². The van der Waals surface area contributed by atoms with E-state index in [1.54, 1.807) is 40.1 Å². The number of ether oxygens (including phenoxy) is 1. The molecule has 2 aromatic rings. The first-order valence-corrected chi connectivity index (χ1v) is 15.2. The molecule has 206 valence electrons. The minimum absolute atomic E-state index is 0.0155. The number of halogens is 1. The SMILES string of the molecule is CC(C)(C)OC(=O)N1CCC2(CC1)CN1C(=O)CN(S(=O)(=O)c3ccc4cc(Cl)ccc4c3)CC1(CO)S2. The summed E-state index contributed by atoms with van der Waals surface area (Å²) in [6.07, 6.45) is 0.862. The molecule has 5 rings (SSSR count). The summed E-state index contributed by atoms with van der Waals surface area (Å²) in [5.74, 6) is -0.333. The van der Waals surface area contributed by atoms with Crippen LogP contribution < -0.4 is 0 Å². The lowest BCUT2D eigenvalue weighted by molar-refractivity contribution is -0.140. The molecule has 0 bridgehead atoms. The van der Waals surface area contributed by atoms with Crippen LogP contribution in [0.15, 0.2) is 41.3 Å². The Morgan fingerprint density at radius 3 is 2.42 bits per heavy atom. The number of fused-ring (bicyclic) bond motifs is 2. The number of aliphatic hydroxyl groups excluding tert-OH is 1. The van der Waals surface area contributed by atoms with Crippen LogP contribution in [0.25, 0.3) is 10.8 Å². The number of likely N-dealkylation sites (tertiary alicyclic amines) is 1. The highest BCUT2D eigenvalue weighted by Gasteiger charge is 2.60. The molecule has 1 spiro atoms. The highest BCUT2D eigenvalue weighted by Crippen LogP contribution is 2.54. The number of hydrogen-bond donors (Lipinski definition) is 1. The molecule has 2 aromatic carbocycles. The molecule has 0 radical (unpaired) electrons. The van der Waals surface area contributed by atoms with Crippen molar-refractivity contribution in [1.82, 2.24) is 14.1 Å². The van der Waals surface area contributed by atoms with Crippen molar-refractivity contribution < 1.29 is 27.9 Å². The van der Waals surface area contributed by atoms with Crippen LogP contribution >= 0.6 is 23.4 Å². The van der Waals surface area contributed by atoms with Gasteiger partial charge in [0.05, 0.1) is 18.0 Å². The Hall–Kier alpha value is -2.05. The third-order valence-corrected chi connectivity index (χ3v) is 11.2. The number of aliphatic hydroxyl groups is 1. The summed E-state index contributed by atoms with van der Waals surface area (Å²) in [4.78, 5) is 28.2. The lowest BCUT2D eigenvalue weighted by atomic mass is 9.94. The molecule has 3 saturated heterocycles. The van der Waals surface area contributed by atoms with Crippen molar-refractivity contribution in [2.75, 3.05) is 39.3 Å². The Morgan fingerprint density at radius 1 is 1.11 bits per heavy atom. The number of carbonyl (C=O) groups excluding carboxylic acids is 2. The Kier molecular flexibility index (Phi) is 6.91. The lowest BCUT2D eigenvalue weighted by Gasteiger charge is -2.44. The molecule has 1 atom stereocenters. The first kappa shape index (κ1) is 27.5. The minimum atomic E-state index is -4.00. The second-order valence-electron chi connectivity index (χ2n) is 11.3. The fourth-order valence-corrected chi connectivity index (χ4v) is 9.14. The molecular formula is C26H32ClN3O6S2. The van der Waals surface area contributed by atoms with Gasteiger partial charge in [-0.3, -0.25) is 4.79 Å². The van der Waals surface area contributed by atoms with Crippen molar-refractivity contribution in [3.8, 4) is 0 Å². The maximum absolute atomic E-state index is 13.7. The number of piperazine rings is 1. The molecule has 2 amide bonds. The van der Waals surface area contributed by atoms with Crippen LogP contribution in [-0.4, -0.2) is 94.2 Å². The van der Waals surface area contributed by atoms with Gasteiger partial charge in [0.1, 0.15) is 10.5 Å². The van der Waals surface area contributed by atoms with Gasteiger partial charge in [-0.2, -0.15) is 4.31 Å². The van der Waals surface area contributed by atoms with Crippen molar-refractivity contribution in [3.63, 3.8) is 0 Å². The number of rotatable bonds is 3. The van der Waals surface area contributed by atoms with Gasteiger partial charge in [0.2, 0.25) is 15.9 Å². The number of sulfonamides is 1. The molecule has 1 unspecified atom stereocenters. The third-order valence-electron chi connectivity index (χ3n) is 7.37. The Labute approximate surface area is 232 Å². The quantitative estimate of drug-likeness (QED) is 0.591. The van der Waals surface area contributed by atoms with E-state index in [0.29, 0.717) is 37.5 Å². The number of piperidine rings is 1. The summed E-state index contributed by atoms with van der Waals surface area (Å²) >= 11 is 7.53. The summed E-state index contributed by atoms with van der Waals surface area (Å²) in [6, 6.07) is 10.0. The Morgan fingerprint density at radius 2 is 1.76 bits per heavy atom. The van der Waals surface area contributed by atoms with Gasteiger partial charge in [0.25, 0.3) is 0 Å². The molecular weight excluding hydrogens is 550 g/mol. The molecule has 9 nitrogen and oxygen atoms in total. The van der Waals surface area contributed by atoms with Gasteiger partial charge in [-0.25, -0.2) is 13.2 Å². The number of nitrogens with zero attached hydrogens (tertiary/aromatic N) is 3. The first-order valence-electron chi connectivity index (χ1n) is 12.5. The van der Waals surface area contributed by atoms with E-state index in [4.69, 9.17) is 16.3 Å². The summed E-state index contributed by atoms with van der Waals surface area (Å²) in [5.41, 5.74) is -0.588. The molecule has 0 aromatic heterocycles. The molecule has 3 fully saturated rings. The van der Waals surface area contributed by atoms with Crippen LogP contribution in [0.4, 0.5) is 4.79 Å². The number of hydrogen-bond acceptors (Lipinski definition) is 7. The van der Waals surface area contributed by atoms with E-state index >= 15 is 0 Å². The highest BCUT2D eigenvalue weighted by molar-refractivity contribution is 8.02. The topological polar surface area (TPSA) is 107 Å². The predicted molar refractivity (Wildman–Crippen MR) is 147 cm³/mol. The fourth-order valence-electron chi connectivity index (χ4n) is 5.45. The van der Waals surface area contributed by atoms with Crippen molar-refractivity contribution in [3.05, 3.63) is 41.4 Å². The van der Waals surface area contributed by atoms with Gasteiger partial charge >= 0.3 is 6.09 Å². The zero-order chi connectivity index (χ0) is 27.5. The van der Waals surface area contributed by atoms with Crippen molar-refractivity contribution in [2.24, 2.45) is 0 Å². The third kappa shape index (κ3) is 4.99. The Balaban J connectivity index is 1.36. The van der Waals surface area contributed by atoms with Crippen molar-refractivity contribution in [1.29, 1.82) is 0 Å². The molecule has 3 aliphatic heterocycles. The van der Waals surface area contributed by atoms with E-state index in [9.17, 15) is 23.1 Å². The largest absolute Gasteiger partial charge is 0.444 e. The number of benzene rings is 2. The van der Waals surface area contributed by atoms with Crippen LogP contribution in [0, 0.1) is 0 Å². The van der Waals surface area contributed by atoms with E-state index < -0.39 is 20.5 Å². The average molecular weight is 582 g/mol. The molecule has 1 N–H and O–H groups in total.